The summed E-state index contributed by atoms with van der Waals surface area (Å²) in [5.74, 6) is -0.707. The number of aromatic nitrogens is 1. The highest BCUT2D eigenvalue weighted by molar-refractivity contribution is 5.86. The van der Waals surface area contributed by atoms with Gasteiger partial charge in [0.05, 0.1) is 18.9 Å². The van der Waals surface area contributed by atoms with E-state index >= 15 is 0 Å². The Labute approximate surface area is 112 Å². The van der Waals surface area contributed by atoms with Gasteiger partial charge < -0.3 is 25.8 Å². The van der Waals surface area contributed by atoms with Gasteiger partial charge in [-0.3, -0.25) is 0 Å². The van der Waals surface area contributed by atoms with Crippen molar-refractivity contribution in [2.45, 2.75) is 0 Å². The van der Waals surface area contributed by atoms with Crippen molar-refractivity contribution in [3.8, 4) is 0 Å². The van der Waals surface area contributed by atoms with Crippen molar-refractivity contribution in [2.24, 2.45) is 0 Å². The molecule has 0 aliphatic heterocycles. The molecule has 0 unspecified atom stereocenters. The summed E-state index contributed by atoms with van der Waals surface area (Å²) >= 11 is 0. The molecule has 0 saturated heterocycles. The Kier molecular flexibility index (Phi) is 6.04. The Bertz CT molecular complexity index is 423. The monoisotopic (exact) mass is 268 g/mol. The van der Waals surface area contributed by atoms with Gasteiger partial charge in [-0.1, -0.05) is 0 Å². The van der Waals surface area contributed by atoms with Gasteiger partial charge in [0.1, 0.15) is 5.82 Å². The molecule has 4 N–H and O–H groups in total. The van der Waals surface area contributed by atoms with Crippen molar-refractivity contribution in [3.05, 3.63) is 17.8 Å². The van der Waals surface area contributed by atoms with Gasteiger partial charge in [-0.05, 0) is 26.2 Å². The van der Waals surface area contributed by atoms with Crippen LogP contribution >= 0.6 is 0 Å². The van der Waals surface area contributed by atoms with E-state index in [1.165, 1.54) is 12.1 Å². The van der Waals surface area contributed by atoms with Crippen LogP contribution in [0, 0.1) is 0 Å². The molecule has 0 bridgehead atoms. The Morgan fingerprint density at radius 2 is 2.21 bits per heavy atom. The Balaban J connectivity index is 2.36. The molecule has 1 heterocycles. The molecule has 0 amide bonds. The van der Waals surface area contributed by atoms with Crippen LogP contribution in [-0.2, 0) is 4.74 Å². The third-order valence-electron chi connectivity index (χ3n) is 2.37. The van der Waals surface area contributed by atoms with Gasteiger partial charge in [0.15, 0.2) is 5.69 Å². The zero-order valence-electron chi connectivity index (χ0n) is 11.2. The number of aromatic carboxylic acids is 1. The number of anilines is 2. The van der Waals surface area contributed by atoms with E-state index < -0.39 is 5.97 Å². The molecule has 0 aliphatic carbocycles. The van der Waals surface area contributed by atoms with E-state index in [9.17, 15) is 4.79 Å². The van der Waals surface area contributed by atoms with Gasteiger partial charge in [0, 0.05) is 13.1 Å². The summed E-state index contributed by atoms with van der Waals surface area (Å²) in [5, 5.41) is 11.8. The molecular weight excluding hydrogens is 248 g/mol. The summed E-state index contributed by atoms with van der Waals surface area (Å²) in [6, 6.07) is 2.89. The van der Waals surface area contributed by atoms with Crippen molar-refractivity contribution >= 4 is 17.5 Å². The molecule has 1 rings (SSSR count). The number of carbonyl (C=O) groups is 1. The fourth-order valence-corrected chi connectivity index (χ4v) is 1.32. The van der Waals surface area contributed by atoms with Crippen LogP contribution < -0.4 is 11.1 Å². The molecule has 0 saturated carbocycles. The Morgan fingerprint density at radius 1 is 1.47 bits per heavy atom. The fraction of sp³-hybridized carbons (Fsp3) is 0.500. The molecule has 0 atom stereocenters. The summed E-state index contributed by atoms with van der Waals surface area (Å²) in [5.41, 5.74) is 6.08. The summed E-state index contributed by atoms with van der Waals surface area (Å²) in [7, 11) is 3.95. The number of carboxylic acids is 1. The first-order valence-corrected chi connectivity index (χ1v) is 5.97. The van der Waals surface area contributed by atoms with Crippen LogP contribution in [0.25, 0.3) is 0 Å². The topological polar surface area (TPSA) is 101 Å². The minimum atomic E-state index is -1.08. The fourth-order valence-electron chi connectivity index (χ4n) is 1.32. The first-order chi connectivity index (χ1) is 9.00. The van der Waals surface area contributed by atoms with E-state index in [0.717, 1.165) is 6.54 Å². The second kappa shape index (κ2) is 7.55. The zero-order chi connectivity index (χ0) is 14.3. The van der Waals surface area contributed by atoms with Gasteiger partial charge in [-0.25, -0.2) is 9.78 Å². The second-order valence-corrected chi connectivity index (χ2v) is 4.28. The molecule has 0 fully saturated rings. The number of carboxylic acid groups (broad SMARTS) is 1. The number of nitrogens with zero attached hydrogens (tertiary/aromatic N) is 2. The number of hydrogen-bond acceptors (Lipinski definition) is 6. The number of nitrogens with one attached hydrogen (secondary N) is 1. The summed E-state index contributed by atoms with van der Waals surface area (Å²) in [6.45, 7) is 2.53. The lowest BCUT2D eigenvalue weighted by molar-refractivity contribution is 0.0690. The Morgan fingerprint density at radius 3 is 2.84 bits per heavy atom. The van der Waals surface area contributed by atoms with Crippen molar-refractivity contribution in [1.29, 1.82) is 0 Å². The summed E-state index contributed by atoms with van der Waals surface area (Å²) in [4.78, 5) is 16.7. The molecule has 0 aliphatic rings. The van der Waals surface area contributed by atoms with Gasteiger partial charge in [0.2, 0.25) is 0 Å². The first-order valence-electron chi connectivity index (χ1n) is 5.97. The highest BCUT2D eigenvalue weighted by Gasteiger charge is 2.07. The highest BCUT2D eigenvalue weighted by Crippen LogP contribution is 2.15. The van der Waals surface area contributed by atoms with Crippen molar-refractivity contribution in [2.75, 3.05) is 51.4 Å². The van der Waals surface area contributed by atoms with Crippen LogP contribution in [0.15, 0.2) is 12.1 Å². The lowest BCUT2D eigenvalue weighted by Crippen LogP contribution is -2.20. The van der Waals surface area contributed by atoms with E-state index in [1.54, 1.807) is 0 Å². The quantitative estimate of drug-likeness (QED) is 0.585. The van der Waals surface area contributed by atoms with Crippen LogP contribution in [0.3, 0.4) is 0 Å². The molecule has 0 aromatic carbocycles. The van der Waals surface area contributed by atoms with E-state index in [1.807, 2.05) is 19.0 Å². The summed E-state index contributed by atoms with van der Waals surface area (Å²) in [6.07, 6.45) is 0. The third-order valence-corrected chi connectivity index (χ3v) is 2.37. The van der Waals surface area contributed by atoms with E-state index in [4.69, 9.17) is 15.6 Å². The number of nitrogens with two attached hydrogens (primary N) is 1. The molecule has 0 spiro atoms. The number of pyridine rings is 1. The zero-order valence-corrected chi connectivity index (χ0v) is 11.2. The van der Waals surface area contributed by atoms with Gasteiger partial charge >= 0.3 is 5.97 Å². The third kappa shape index (κ3) is 5.54. The maximum absolute atomic E-state index is 10.8. The maximum atomic E-state index is 10.8. The van der Waals surface area contributed by atoms with Crippen LogP contribution in [0.2, 0.25) is 0 Å². The first kappa shape index (κ1) is 15.2. The van der Waals surface area contributed by atoms with Crippen molar-refractivity contribution < 1.29 is 14.6 Å². The second-order valence-electron chi connectivity index (χ2n) is 4.28. The number of hydrogen-bond donors (Lipinski definition) is 3. The number of rotatable bonds is 8. The predicted octanol–water partition coefficient (Wildman–Crippen LogP) is 0.352. The minimum Gasteiger partial charge on any atom is -0.477 e. The highest BCUT2D eigenvalue weighted by atomic mass is 16.5. The molecule has 7 heteroatoms. The number of nitrogen functional groups attached to an aromatic ring is 1. The summed E-state index contributed by atoms with van der Waals surface area (Å²) < 4.78 is 5.39. The lowest BCUT2D eigenvalue weighted by Gasteiger charge is -2.11. The number of ether oxygens (including phenoxy) is 1. The molecular formula is C12H20N4O3. The SMILES string of the molecule is CN(C)CCOCCNc1nc(C(=O)O)ccc1N. The normalized spacial score (nSPS) is 10.7. The van der Waals surface area contributed by atoms with Crippen LogP contribution in [-0.4, -0.2) is 61.4 Å². The average molecular weight is 268 g/mol. The lowest BCUT2D eigenvalue weighted by atomic mass is 10.3. The van der Waals surface area contributed by atoms with Crippen molar-refractivity contribution in [3.63, 3.8) is 0 Å². The molecule has 7 nitrogen and oxygen atoms in total. The van der Waals surface area contributed by atoms with Crippen LogP contribution in [0.1, 0.15) is 10.5 Å². The standard InChI is InChI=1S/C12H20N4O3/c1-16(2)6-8-19-7-5-14-11-9(13)3-4-10(15-11)12(17)18/h3-4H,5-8,13H2,1-2H3,(H,14,15)(H,17,18). The Hall–Kier alpha value is -1.86. The van der Waals surface area contributed by atoms with Gasteiger partial charge in [-0.2, -0.15) is 0 Å². The van der Waals surface area contributed by atoms with Gasteiger partial charge in [-0.15, -0.1) is 0 Å². The maximum Gasteiger partial charge on any atom is 0.354 e. The van der Waals surface area contributed by atoms with Crippen LogP contribution in [0.5, 0.6) is 0 Å². The van der Waals surface area contributed by atoms with E-state index in [0.29, 0.717) is 31.3 Å². The molecule has 1 aromatic heterocycles. The van der Waals surface area contributed by atoms with Crippen molar-refractivity contribution in [1.82, 2.24) is 9.88 Å². The molecule has 1 aromatic rings. The van der Waals surface area contributed by atoms with Gasteiger partial charge in [0.25, 0.3) is 0 Å². The van der Waals surface area contributed by atoms with Crippen LogP contribution in [0.4, 0.5) is 11.5 Å². The predicted molar refractivity (Wildman–Crippen MR) is 73.5 cm³/mol. The molecule has 0 radical (unpaired) electrons. The smallest absolute Gasteiger partial charge is 0.354 e. The van der Waals surface area contributed by atoms with E-state index in [-0.39, 0.29) is 5.69 Å². The molecule has 19 heavy (non-hydrogen) atoms. The molecule has 106 valence electrons. The average Bonchev–Trinajstić information content (AvgIpc) is 2.34. The minimum absolute atomic E-state index is 0.0368. The largest absolute Gasteiger partial charge is 0.477 e. The number of likely N-dealkylation sites (N-methyl/N-ethyl adjacent to an activating group) is 1. The van der Waals surface area contributed by atoms with E-state index in [2.05, 4.69) is 10.3 Å².